The number of nitrogens with one attached hydrogen (secondary N) is 1. The van der Waals surface area contributed by atoms with E-state index in [1.165, 1.54) is 0 Å². The Balaban J connectivity index is 1.92. The van der Waals surface area contributed by atoms with Crippen LogP contribution in [0.25, 0.3) is 10.9 Å². The number of H-pyrrole nitrogens is 1. The molecular formula is C19H20N2O3. The molecule has 0 atom stereocenters. The van der Waals surface area contributed by atoms with Gasteiger partial charge in [-0.15, -0.1) is 0 Å². The molecule has 0 aliphatic rings. The van der Waals surface area contributed by atoms with Crippen molar-refractivity contribution >= 4 is 16.8 Å². The van der Waals surface area contributed by atoms with Crippen molar-refractivity contribution in [3.63, 3.8) is 0 Å². The van der Waals surface area contributed by atoms with Crippen LogP contribution in [0.5, 0.6) is 11.5 Å². The van der Waals surface area contributed by atoms with E-state index in [0.717, 1.165) is 16.5 Å². The number of rotatable bonds is 5. The second-order valence-electron chi connectivity index (χ2n) is 5.60. The third-order valence-electron chi connectivity index (χ3n) is 4.03. The van der Waals surface area contributed by atoms with Crippen molar-refractivity contribution in [3.8, 4) is 11.5 Å². The van der Waals surface area contributed by atoms with Gasteiger partial charge in [-0.3, -0.25) is 4.79 Å². The van der Waals surface area contributed by atoms with E-state index in [1.807, 2.05) is 42.5 Å². The van der Waals surface area contributed by atoms with Gasteiger partial charge in [0, 0.05) is 31.2 Å². The summed E-state index contributed by atoms with van der Waals surface area (Å²) in [5.41, 5.74) is 2.54. The Morgan fingerprint density at radius 3 is 2.42 bits per heavy atom. The molecule has 0 aliphatic carbocycles. The van der Waals surface area contributed by atoms with E-state index in [2.05, 4.69) is 4.98 Å². The summed E-state index contributed by atoms with van der Waals surface area (Å²) in [6, 6.07) is 13.6. The number of benzene rings is 2. The molecule has 0 fully saturated rings. The fourth-order valence-corrected chi connectivity index (χ4v) is 2.76. The van der Waals surface area contributed by atoms with Crippen molar-refractivity contribution in [2.45, 2.75) is 6.54 Å². The van der Waals surface area contributed by atoms with Gasteiger partial charge in [0.05, 0.1) is 25.3 Å². The van der Waals surface area contributed by atoms with Gasteiger partial charge >= 0.3 is 0 Å². The number of ether oxygens (including phenoxy) is 2. The SMILES string of the molecule is COc1cc2[nH]cc(C(=O)N(C)Cc3ccccc3)c2cc1OC. The van der Waals surface area contributed by atoms with Crippen LogP contribution in [0, 0.1) is 0 Å². The summed E-state index contributed by atoms with van der Waals surface area (Å²) >= 11 is 0. The van der Waals surface area contributed by atoms with Gasteiger partial charge in [-0.05, 0) is 11.6 Å². The summed E-state index contributed by atoms with van der Waals surface area (Å²) in [5, 5.41) is 0.817. The van der Waals surface area contributed by atoms with Crippen molar-refractivity contribution in [2.24, 2.45) is 0 Å². The second-order valence-corrected chi connectivity index (χ2v) is 5.60. The van der Waals surface area contributed by atoms with Crippen LogP contribution >= 0.6 is 0 Å². The fraction of sp³-hybridized carbons (Fsp3) is 0.211. The molecule has 0 saturated carbocycles. The van der Waals surface area contributed by atoms with Gasteiger partial charge in [-0.25, -0.2) is 0 Å². The number of amides is 1. The highest BCUT2D eigenvalue weighted by Crippen LogP contribution is 2.33. The first-order valence-corrected chi connectivity index (χ1v) is 7.66. The lowest BCUT2D eigenvalue weighted by atomic mass is 10.1. The number of hydrogen-bond donors (Lipinski definition) is 1. The lowest BCUT2D eigenvalue weighted by Gasteiger charge is -2.17. The Bertz CT molecular complexity index is 856. The van der Waals surface area contributed by atoms with Crippen LogP contribution in [0.4, 0.5) is 0 Å². The lowest BCUT2D eigenvalue weighted by Crippen LogP contribution is -2.25. The molecule has 124 valence electrons. The second kappa shape index (κ2) is 6.66. The van der Waals surface area contributed by atoms with Crippen LogP contribution in [0.3, 0.4) is 0 Å². The molecule has 5 heteroatoms. The van der Waals surface area contributed by atoms with Crippen LogP contribution in [-0.4, -0.2) is 37.1 Å². The zero-order chi connectivity index (χ0) is 17.1. The molecule has 1 N–H and O–H groups in total. The number of methoxy groups -OCH3 is 2. The normalized spacial score (nSPS) is 10.6. The number of nitrogens with zero attached hydrogens (tertiary/aromatic N) is 1. The summed E-state index contributed by atoms with van der Waals surface area (Å²) in [7, 11) is 4.97. The number of carbonyl (C=O) groups is 1. The van der Waals surface area contributed by atoms with Crippen LogP contribution in [0.15, 0.2) is 48.7 Å². The number of aromatic nitrogens is 1. The maximum Gasteiger partial charge on any atom is 0.256 e. The third kappa shape index (κ3) is 2.93. The largest absolute Gasteiger partial charge is 0.493 e. The van der Waals surface area contributed by atoms with Gasteiger partial charge in [0.2, 0.25) is 0 Å². The number of hydrogen-bond acceptors (Lipinski definition) is 3. The van der Waals surface area contributed by atoms with Crippen molar-refractivity contribution in [1.82, 2.24) is 9.88 Å². The van der Waals surface area contributed by atoms with Gasteiger partial charge in [0.1, 0.15) is 0 Å². The maximum atomic E-state index is 12.8. The van der Waals surface area contributed by atoms with E-state index in [4.69, 9.17) is 9.47 Å². The van der Waals surface area contributed by atoms with Gasteiger partial charge in [-0.1, -0.05) is 30.3 Å². The van der Waals surface area contributed by atoms with E-state index in [9.17, 15) is 4.79 Å². The molecule has 0 spiro atoms. The molecule has 24 heavy (non-hydrogen) atoms. The molecule has 0 aliphatic heterocycles. The number of aromatic amines is 1. The Kier molecular flexibility index (Phi) is 4.42. The standard InChI is InChI=1S/C19H20N2O3/c1-21(12-13-7-5-4-6-8-13)19(22)15-11-20-16-10-18(24-3)17(23-2)9-14(15)16/h4-11,20H,12H2,1-3H3. The zero-order valence-electron chi connectivity index (χ0n) is 14.0. The highest BCUT2D eigenvalue weighted by atomic mass is 16.5. The van der Waals surface area contributed by atoms with Crippen molar-refractivity contribution < 1.29 is 14.3 Å². The third-order valence-corrected chi connectivity index (χ3v) is 4.03. The minimum atomic E-state index is -0.0441. The van der Waals surface area contributed by atoms with Crippen molar-refractivity contribution in [1.29, 1.82) is 0 Å². The fourth-order valence-electron chi connectivity index (χ4n) is 2.76. The molecule has 0 saturated heterocycles. The average molecular weight is 324 g/mol. The van der Waals surface area contributed by atoms with E-state index in [1.54, 1.807) is 32.4 Å². The van der Waals surface area contributed by atoms with Crippen LogP contribution < -0.4 is 9.47 Å². The van der Waals surface area contributed by atoms with Gasteiger partial charge in [0.25, 0.3) is 5.91 Å². The summed E-state index contributed by atoms with van der Waals surface area (Å²) in [6.45, 7) is 0.555. The van der Waals surface area contributed by atoms with E-state index in [-0.39, 0.29) is 5.91 Å². The van der Waals surface area contributed by atoms with Crippen LogP contribution in [0.1, 0.15) is 15.9 Å². The average Bonchev–Trinajstić information content (AvgIpc) is 3.03. The first-order valence-electron chi connectivity index (χ1n) is 7.66. The Morgan fingerprint density at radius 1 is 1.08 bits per heavy atom. The van der Waals surface area contributed by atoms with E-state index >= 15 is 0 Å². The Hall–Kier alpha value is -2.95. The summed E-state index contributed by atoms with van der Waals surface area (Å²) < 4.78 is 10.6. The highest BCUT2D eigenvalue weighted by molar-refractivity contribution is 6.07. The minimum Gasteiger partial charge on any atom is -0.493 e. The molecule has 0 unspecified atom stereocenters. The zero-order valence-corrected chi connectivity index (χ0v) is 14.0. The quantitative estimate of drug-likeness (QED) is 0.782. The predicted octanol–water partition coefficient (Wildman–Crippen LogP) is 3.46. The summed E-state index contributed by atoms with van der Waals surface area (Å²) in [5.74, 6) is 1.19. The van der Waals surface area contributed by atoms with Crippen molar-refractivity contribution in [2.75, 3.05) is 21.3 Å². The van der Waals surface area contributed by atoms with Gasteiger partial charge in [0.15, 0.2) is 11.5 Å². The smallest absolute Gasteiger partial charge is 0.256 e. The minimum absolute atomic E-state index is 0.0441. The van der Waals surface area contributed by atoms with Crippen molar-refractivity contribution in [3.05, 3.63) is 59.8 Å². The summed E-state index contributed by atoms with van der Waals surface area (Å²) in [6.07, 6.45) is 1.73. The monoisotopic (exact) mass is 324 g/mol. The Morgan fingerprint density at radius 2 is 1.75 bits per heavy atom. The molecule has 2 aromatic carbocycles. The van der Waals surface area contributed by atoms with Gasteiger partial charge < -0.3 is 19.4 Å². The molecular weight excluding hydrogens is 304 g/mol. The molecule has 0 radical (unpaired) electrons. The summed E-state index contributed by atoms with van der Waals surface area (Å²) in [4.78, 5) is 17.6. The van der Waals surface area contributed by atoms with E-state index in [0.29, 0.717) is 23.6 Å². The topological polar surface area (TPSA) is 54.6 Å². The molecule has 0 bridgehead atoms. The molecule has 3 rings (SSSR count). The molecule has 1 amide bonds. The number of fused-ring (bicyclic) bond motifs is 1. The van der Waals surface area contributed by atoms with Crippen LogP contribution in [-0.2, 0) is 6.54 Å². The first kappa shape index (κ1) is 15.9. The maximum absolute atomic E-state index is 12.8. The van der Waals surface area contributed by atoms with Crippen LogP contribution in [0.2, 0.25) is 0 Å². The molecule has 5 nitrogen and oxygen atoms in total. The lowest BCUT2D eigenvalue weighted by molar-refractivity contribution is 0.0787. The van der Waals surface area contributed by atoms with Gasteiger partial charge in [-0.2, -0.15) is 0 Å². The number of carbonyl (C=O) groups excluding carboxylic acids is 1. The Labute approximate surface area is 140 Å². The highest BCUT2D eigenvalue weighted by Gasteiger charge is 2.18. The molecule has 1 aromatic heterocycles. The predicted molar refractivity (Wildman–Crippen MR) is 93.6 cm³/mol. The molecule has 3 aromatic rings. The van der Waals surface area contributed by atoms with E-state index < -0.39 is 0 Å². The molecule has 1 heterocycles. The first-order chi connectivity index (χ1) is 11.6.